The molecule has 0 aliphatic rings. The molecule has 1 N–H and O–H groups in total. The van der Waals surface area contributed by atoms with Gasteiger partial charge < -0.3 is 5.32 Å². The summed E-state index contributed by atoms with van der Waals surface area (Å²) in [6, 6.07) is 17.0. The van der Waals surface area contributed by atoms with E-state index in [1.54, 1.807) is 12.1 Å². The minimum Gasteiger partial charge on any atom is -0.348 e. The molecule has 0 saturated heterocycles. The number of nitrogens with zero attached hydrogens (tertiary/aromatic N) is 2. The van der Waals surface area contributed by atoms with E-state index in [9.17, 15) is 9.59 Å². The van der Waals surface area contributed by atoms with Crippen LogP contribution < -0.4 is 10.9 Å². The predicted octanol–water partition coefficient (Wildman–Crippen LogP) is 5.05. The maximum atomic E-state index is 13.1. The molecule has 2 heterocycles. The summed E-state index contributed by atoms with van der Waals surface area (Å²) in [7, 11) is 0. The smallest absolute Gasteiger partial charge is 0.263 e. The highest BCUT2D eigenvalue weighted by Crippen LogP contribution is 2.30. The maximum Gasteiger partial charge on any atom is 0.263 e. The van der Waals surface area contributed by atoms with Crippen LogP contribution in [-0.2, 0) is 11.3 Å². The van der Waals surface area contributed by atoms with Crippen molar-refractivity contribution in [2.75, 3.05) is 0 Å². The molecule has 0 spiro atoms. The van der Waals surface area contributed by atoms with Gasteiger partial charge in [0.2, 0.25) is 5.91 Å². The van der Waals surface area contributed by atoms with Crippen LogP contribution in [0.5, 0.6) is 0 Å². The zero-order valence-corrected chi connectivity index (χ0v) is 17.9. The largest absolute Gasteiger partial charge is 0.348 e. The van der Waals surface area contributed by atoms with Crippen LogP contribution in [0.1, 0.15) is 24.9 Å². The summed E-state index contributed by atoms with van der Waals surface area (Å²) in [5.41, 5.74) is 2.56. The first-order valence-corrected chi connectivity index (χ1v) is 10.9. The van der Waals surface area contributed by atoms with Gasteiger partial charge in [0.1, 0.15) is 11.4 Å². The summed E-state index contributed by atoms with van der Waals surface area (Å²) in [6.07, 6.45) is 2.17. The summed E-state index contributed by atoms with van der Waals surface area (Å²) < 4.78 is 1.37. The normalized spacial score (nSPS) is 12.1. The fraction of sp³-hybridized carbons (Fsp3) is 0.174. The summed E-state index contributed by atoms with van der Waals surface area (Å²) in [5, 5.41) is 6.13. The van der Waals surface area contributed by atoms with E-state index in [2.05, 4.69) is 10.3 Å². The summed E-state index contributed by atoms with van der Waals surface area (Å²) in [4.78, 5) is 30.9. The number of carbonyl (C=O) groups is 1. The molecule has 1 unspecified atom stereocenters. The maximum absolute atomic E-state index is 13.1. The van der Waals surface area contributed by atoms with E-state index in [1.807, 2.05) is 54.8 Å². The molecule has 4 aromatic rings. The van der Waals surface area contributed by atoms with E-state index in [4.69, 9.17) is 11.6 Å². The van der Waals surface area contributed by atoms with Crippen LogP contribution in [0.4, 0.5) is 0 Å². The molecule has 0 bridgehead atoms. The number of carbonyl (C=O) groups excluding carboxylic acids is 1. The molecular weight excluding hydrogens is 418 g/mol. The van der Waals surface area contributed by atoms with Crippen LogP contribution in [0.2, 0.25) is 5.02 Å². The number of halogens is 1. The molecule has 0 aliphatic heterocycles. The van der Waals surface area contributed by atoms with Crippen molar-refractivity contribution in [1.29, 1.82) is 0 Å². The lowest BCUT2D eigenvalue weighted by molar-refractivity contribution is -0.122. The van der Waals surface area contributed by atoms with E-state index in [1.165, 1.54) is 22.2 Å². The quantitative estimate of drug-likeness (QED) is 0.459. The van der Waals surface area contributed by atoms with E-state index >= 15 is 0 Å². The zero-order chi connectivity index (χ0) is 21.1. The number of hydrogen-bond acceptors (Lipinski definition) is 4. The highest BCUT2D eigenvalue weighted by molar-refractivity contribution is 7.17. The molecule has 30 heavy (non-hydrogen) atoms. The van der Waals surface area contributed by atoms with Crippen LogP contribution in [0.25, 0.3) is 21.3 Å². The van der Waals surface area contributed by atoms with Crippen molar-refractivity contribution in [3.05, 3.63) is 87.2 Å². The Morgan fingerprint density at radius 3 is 2.60 bits per heavy atom. The standard InChI is InChI=1S/C23H20ClN3O2S/c1-2-19(16-8-10-17(24)11-9-16)26-20(28)12-27-14-25-22-21(23(27)29)18(13-30-22)15-6-4-3-5-7-15/h3-11,13-14,19H,2,12H2,1H3,(H,26,28). The SMILES string of the molecule is CCC(NC(=O)Cn1cnc2scc(-c3ccccc3)c2c1=O)c1ccc(Cl)cc1. The van der Waals surface area contributed by atoms with Crippen molar-refractivity contribution in [1.82, 2.24) is 14.9 Å². The van der Waals surface area contributed by atoms with Gasteiger partial charge in [-0.1, -0.05) is 61.0 Å². The van der Waals surface area contributed by atoms with Crippen molar-refractivity contribution in [3.63, 3.8) is 0 Å². The Morgan fingerprint density at radius 1 is 1.17 bits per heavy atom. The molecule has 2 aromatic heterocycles. The Bertz CT molecular complexity index is 1230. The molecular formula is C23H20ClN3O2S. The number of aromatic nitrogens is 2. The van der Waals surface area contributed by atoms with E-state index in [-0.39, 0.29) is 24.1 Å². The number of rotatable bonds is 6. The number of benzene rings is 2. The molecule has 2 aromatic carbocycles. The molecule has 1 atom stereocenters. The Morgan fingerprint density at radius 2 is 1.90 bits per heavy atom. The highest BCUT2D eigenvalue weighted by atomic mass is 35.5. The summed E-state index contributed by atoms with van der Waals surface area (Å²) in [5.74, 6) is -0.239. The molecule has 0 radical (unpaired) electrons. The van der Waals surface area contributed by atoms with E-state index in [0.29, 0.717) is 15.2 Å². The van der Waals surface area contributed by atoms with Gasteiger partial charge >= 0.3 is 0 Å². The lowest BCUT2D eigenvalue weighted by Gasteiger charge is -2.18. The van der Waals surface area contributed by atoms with Gasteiger partial charge in [-0.05, 0) is 29.7 Å². The first kappa shape index (κ1) is 20.3. The summed E-state index contributed by atoms with van der Waals surface area (Å²) in [6.45, 7) is 1.91. The average Bonchev–Trinajstić information content (AvgIpc) is 3.20. The van der Waals surface area contributed by atoms with Gasteiger partial charge in [0.25, 0.3) is 5.56 Å². The number of thiophene rings is 1. The molecule has 0 saturated carbocycles. The van der Waals surface area contributed by atoms with Crippen LogP contribution >= 0.6 is 22.9 Å². The van der Waals surface area contributed by atoms with Crippen molar-refractivity contribution >= 4 is 39.1 Å². The lowest BCUT2D eigenvalue weighted by Crippen LogP contribution is -2.34. The van der Waals surface area contributed by atoms with Gasteiger partial charge in [-0.2, -0.15) is 0 Å². The molecule has 1 amide bonds. The molecule has 4 rings (SSSR count). The van der Waals surface area contributed by atoms with Crippen LogP contribution in [-0.4, -0.2) is 15.5 Å². The van der Waals surface area contributed by atoms with Crippen molar-refractivity contribution in [3.8, 4) is 11.1 Å². The van der Waals surface area contributed by atoms with Crippen LogP contribution in [0.3, 0.4) is 0 Å². The fourth-order valence-corrected chi connectivity index (χ4v) is 4.45. The third kappa shape index (κ3) is 4.15. The second-order valence-corrected chi connectivity index (χ2v) is 8.25. The van der Waals surface area contributed by atoms with Gasteiger partial charge in [0.15, 0.2) is 0 Å². The number of fused-ring (bicyclic) bond motifs is 1. The Balaban J connectivity index is 1.59. The zero-order valence-electron chi connectivity index (χ0n) is 16.3. The third-order valence-electron chi connectivity index (χ3n) is 4.98. The predicted molar refractivity (Wildman–Crippen MR) is 122 cm³/mol. The Labute approximate surface area is 183 Å². The minimum absolute atomic E-state index is 0.0874. The van der Waals surface area contributed by atoms with E-state index < -0.39 is 0 Å². The number of hydrogen-bond donors (Lipinski definition) is 1. The summed E-state index contributed by atoms with van der Waals surface area (Å²) >= 11 is 7.38. The Hall–Kier alpha value is -2.96. The van der Waals surface area contributed by atoms with Crippen LogP contribution in [0, 0.1) is 0 Å². The molecule has 152 valence electrons. The van der Waals surface area contributed by atoms with Crippen molar-refractivity contribution in [2.45, 2.75) is 25.9 Å². The number of amides is 1. The van der Waals surface area contributed by atoms with Gasteiger partial charge in [-0.3, -0.25) is 14.2 Å². The van der Waals surface area contributed by atoms with Gasteiger partial charge in [-0.15, -0.1) is 11.3 Å². The van der Waals surface area contributed by atoms with Crippen molar-refractivity contribution in [2.24, 2.45) is 0 Å². The third-order valence-corrected chi connectivity index (χ3v) is 6.11. The van der Waals surface area contributed by atoms with Gasteiger partial charge in [-0.25, -0.2) is 4.98 Å². The van der Waals surface area contributed by atoms with Crippen LogP contribution in [0.15, 0.2) is 71.1 Å². The van der Waals surface area contributed by atoms with E-state index in [0.717, 1.165) is 23.1 Å². The van der Waals surface area contributed by atoms with Gasteiger partial charge in [0, 0.05) is 16.0 Å². The average molecular weight is 438 g/mol. The topological polar surface area (TPSA) is 64.0 Å². The fourth-order valence-electron chi connectivity index (χ4n) is 3.42. The molecule has 7 heteroatoms. The van der Waals surface area contributed by atoms with Gasteiger partial charge in [0.05, 0.1) is 17.8 Å². The first-order valence-electron chi connectivity index (χ1n) is 9.63. The Kier molecular flexibility index (Phi) is 5.97. The molecule has 5 nitrogen and oxygen atoms in total. The number of nitrogens with one attached hydrogen (secondary N) is 1. The first-order chi connectivity index (χ1) is 14.6. The minimum atomic E-state index is -0.239. The second kappa shape index (κ2) is 8.81. The van der Waals surface area contributed by atoms with Crippen molar-refractivity contribution < 1.29 is 4.79 Å². The molecule has 0 fully saturated rings. The second-order valence-electron chi connectivity index (χ2n) is 6.95. The monoisotopic (exact) mass is 437 g/mol. The molecule has 0 aliphatic carbocycles. The highest BCUT2D eigenvalue weighted by Gasteiger charge is 2.17. The lowest BCUT2D eigenvalue weighted by atomic mass is 10.0.